The van der Waals surface area contributed by atoms with Crippen molar-refractivity contribution in [2.24, 2.45) is 0 Å². The third kappa shape index (κ3) is 59.3. The van der Waals surface area contributed by atoms with Crippen LogP contribution in [0.3, 0.4) is 0 Å². The normalized spacial score (nSPS) is 13.0. The molecule has 1 rings (SSSR count). The molecule has 0 spiro atoms. The lowest BCUT2D eigenvalue weighted by molar-refractivity contribution is -0.107. The van der Waals surface area contributed by atoms with Gasteiger partial charge in [0.15, 0.2) is 0 Å². The van der Waals surface area contributed by atoms with Crippen LogP contribution in [0.15, 0.2) is 0 Å². The zero-order chi connectivity index (χ0) is 49.1. The average molecular weight is 937 g/mol. The highest BCUT2D eigenvalue weighted by Gasteiger charge is 2.19. The molecule has 0 aromatic carbocycles. The van der Waals surface area contributed by atoms with E-state index in [1.54, 1.807) is 0 Å². The van der Waals surface area contributed by atoms with Crippen LogP contribution in [-0.4, -0.2) is 112 Å². The van der Waals surface area contributed by atoms with Crippen LogP contribution < -0.4 is 5.32 Å². The van der Waals surface area contributed by atoms with Gasteiger partial charge in [-0.1, -0.05) is 259 Å². The van der Waals surface area contributed by atoms with Crippen LogP contribution in [0.1, 0.15) is 291 Å². The fourth-order valence-electron chi connectivity index (χ4n) is 9.02. The van der Waals surface area contributed by atoms with Gasteiger partial charge in [0.2, 0.25) is 0 Å². The molecule has 1 saturated heterocycles. The first-order valence-corrected chi connectivity index (χ1v) is 29.8. The van der Waals surface area contributed by atoms with Gasteiger partial charge in [-0.05, 0) is 65.8 Å². The van der Waals surface area contributed by atoms with Crippen LogP contribution >= 0.6 is 0 Å². The van der Waals surface area contributed by atoms with Gasteiger partial charge in [0, 0.05) is 39.3 Å². The van der Waals surface area contributed by atoms with Crippen LogP contribution in [0.2, 0.25) is 0 Å². The highest BCUT2D eigenvalue weighted by molar-refractivity contribution is 5.51. The lowest BCUT2D eigenvalue weighted by atomic mass is 10.1. The summed E-state index contributed by atoms with van der Waals surface area (Å²) in [5.41, 5.74) is 0. The van der Waals surface area contributed by atoms with Crippen LogP contribution in [0.5, 0.6) is 0 Å². The summed E-state index contributed by atoms with van der Waals surface area (Å²) in [6.45, 7) is 25.0. The van der Waals surface area contributed by atoms with E-state index in [9.17, 15) is 4.79 Å². The molecule has 1 N–H and O–H groups in total. The van der Waals surface area contributed by atoms with Gasteiger partial charge in [0.1, 0.15) is 13.1 Å². The second-order valence-corrected chi connectivity index (χ2v) is 20.3. The molecule has 7 heteroatoms. The summed E-state index contributed by atoms with van der Waals surface area (Å²) < 4.78 is 0. The molecule has 1 fully saturated rings. The number of hydrogen-bond donors (Lipinski definition) is 1. The van der Waals surface area contributed by atoms with Crippen molar-refractivity contribution in [3.05, 3.63) is 0 Å². The van der Waals surface area contributed by atoms with Crippen molar-refractivity contribution in [1.29, 1.82) is 0 Å². The highest BCUT2D eigenvalue weighted by atomic mass is 16.1. The second kappa shape index (κ2) is 64.1. The molecule has 1 aliphatic rings. The summed E-state index contributed by atoms with van der Waals surface area (Å²) in [5, 5.41) is 8.48. The maximum absolute atomic E-state index is 9.95. The Kier molecular flexibility index (Phi) is 67.4. The molecule has 66 heavy (non-hydrogen) atoms. The van der Waals surface area contributed by atoms with Crippen molar-refractivity contribution < 1.29 is 9.59 Å². The molecule has 0 amide bonds. The maximum Gasteiger partial charge on any atom is 0.133 e. The molecule has 0 radical (unpaired) electrons. The van der Waals surface area contributed by atoms with Crippen LogP contribution in [0.4, 0.5) is 0 Å². The van der Waals surface area contributed by atoms with Crippen molar-refractivity contribution in [3.8, 4) is 0 Å². The number of nitrogens with one attached hydrogen (secondary N) is 1. The third-order valence-electron chi connectivity index (χ3n) is 13.6. The van der Waals surface area contributed by atoms with E-state index in [0.29, 0.717) is 6.54 Å². The Labute approximate surface area is 417 Å². The SMILES string of the molecule is C=O.CCCCCCCCCCCCN(CCCCCCCCCCC)N1CCN(C)CC1.CCCCCCCCCN(C)CCCCCCCCC.CCCCCCCCCNCC=O. The Morgan fingerprint density at radius 2 is 0.652 bits per heavy atom. The summed E-state index contributed by atoms with van der Waals surface area (Å²) in [6, 6.07) is 0. The zero-order valence-electron chi connectivity index (χ0n) is 46.7. The molecule has 7 nitrogen and oxygen atoms in total. The monoisotopic (exact) mass is 936 g/mol. The molecule has 0 atom stereocenters. The molecule has 1 heterocycles. The number of aldehydes is 1. The van der Waals surface area contributed by atoms with E-state index in [-0.39, 0.29) is 0 Å². The first-order chi connectivity index (χ1) is 32.5. The fraction of sp³-hybridized carbons (Fsp3) is 0.966. The predicted molar refractivity (Wildman–Crippen MR) is 297 cm³/mol. The zero-order valence-corrected chi connectivity index (χ0v) is 46.7. The lowest BCUT2D eigenvalue weighted by Crippen LogP contribution is -2.53. The van der Waals surface area contributed by atoms with Crippen LogP contribution in [0, 0.1) is 0 Å². The summed E-state index contributed by atoms with van der Waals surface area (Å²) in [6.07, 6.45) is 57.4. The number of likely N-dealkylation sites (N-methyl/N-ethyl adjacent to an activating group) is 1. The molecule has 0 aliphatic carbocycles. The Morgan fingerprint density at radius 1 is 0.394 bits per heavy atom. The minimum absolute atomic E-state index is 0.510. The van der Waals surface area contributed by atoms with Crippen molar-refractivity contribution in [3.63, 3.8) is 0 Å². The third-order valence-corrected chi connectivity index (χ3v) is 13.6. The number of carbonyl (C=O) groups is 2. The molecule has 0 saturated carbocycles. The average Bonchev–Trinajstić information content (AvgIpc) is 3.33. The quantitative estimate of drug-likeness (QED) is 0.0482. The summed E-state index contributed by atoms with van der Waals surface area (Å²) >= 11 is 0. The first kappa shape index (κ1) is 69.4. The van der Waals surface area contributed by atoms with Gasteiger partial charge in [-0.25, -0.2) is 10.0 Å². The molecule has 0 bridgehead atoms. The highest BCUT2D eigenvalue weighted by Crippen LogP contribution is 2.15. The van der Waals surface area contributed by atoms with Gasteiger partial charge in [-0.2, -0.15) is 0 Å². The number of piperazine rings is 1. The molecular weight excluding hydrogens is 811 g/mol. The van der Waals surface area contributed by atoms with Gasteiger partial charge >= 0.3 is 0 Å². The minimum Gasteiger partial charge on any atom is -0.310 e. The molecule has 0 aromatic heterocycles. The topological polar surface area (TPSA) is 59.1 Å². The van der Waals surface area contributed by atoms with Crippen molar-refractivity contribution >= 4 is 13.1 Å². The standard InChI is InChI=1S/C28H59N3.C19H41N.C11H23NO.CH2O/c1-4-6-8-10-12-14-16-18-20-22-24-30(31-27-25-29(3)26-28-31)23-21-19-17-15-13-11-9-7-5-2;1-4-6-8-10-12-14-16-18-20(3)19-17-15-13-11-9-7-5-2;1-2-3-4-5-6-7-8-9-12-10-11-13;1-2/h4-28H2,1-3H3;4-19H2,1-3H3;11-12H,2-10H2,1H3;1H2. The number of rotatable bonds is 48. The number of hydrazine groups is 1. The number of nitrogens with zero attached hydrogens (tertiary/aromatic N) is 4. The summed E-state index contributed by atoms with van der Waals surface area (Å²) in [4.78, 5) is 23.0. The number of hydrogen-bond acceptors (Lipinski definition) is 7. The van der Waals surface area contributed by atoms with Crippen molar-refractivity contribution in [2.45, 2.75) is 291 Å². The molecule has 398 valence electrons. The Hall–Kier alpha value is -0.860. The van der Waals surface area contributed by atoms with Gasteiger partial charge in [0.05, 0.1) is 6.54 Å². The Bertz CT molecular complexity index is 823. The minimum atomic E-state index is 0.510. The van der Waals surface area contributed by atoms with E-state index in [1.165, 1.54) is 309 Å². The maximum atomic E-state index is 9.95. The largest absolute Gasteiger partial charge is 0.310 e. The van der Waals surface area contributed by atoms with Crippen molar-refractivity contribution in [1.82, 2.24) is 25.1 Å². The Balaban J connectivity index is -0.000000971. The van der Waals surface area contributed by atoms with Crippen LogP contribution in [-0.2, 0) is 9.59 Å². The van der Waals surface area contributed by atoms with E-state index in [1.807, 2.05) is 6.79 Å². The Morgan fingerprint density at radius 3 is 0.939 bits per heavy atom. The number of carbonyl (C=O) groups excluding carboxylic acids is 2. The molecule has 0 aromatic rings. The van der Waals surface area contributed by atoms with Crippen LogP contribution in [0.25, 0.3) is 0 Å². The van der Waals surface area contributed by atoms with E-state index in [4.69, 9.17) is 4.79 Å². The van der Waals surface area contributed by atoms with Gasteiger partial charge in [-0.3, -0.25) is 0 Å². The fourth-order valence-corrected chi connectivity index (χ4v) is 9.02. The number of unbranched alkanes of at least 4 members (excludes halogenated alkanes) is 35. The van der Waals surface area contributed by atoms with E-state index >= 15 is 0 Å². The van der Waals surface area contributed by atoms with E-state index in [2.05, 4.69) is 73.8 Å². The predicted octanol–water partition coefficient (Wildman–Crippen LogP) is 16.7. The second-order valence-electron chi connectivity index (χ2n) is 20.3. The molecular formula is C59H125N5O2. The first-order valence-electron chi connectivity index (χ1n) is 29.8. The smallest absolute Gasteiger partial charge is 0.133 e. The summed E-state index contributed by atoms with van der Waals surface area (Å²) in [5.74, 6) is 0. The molecule has 1 aliphatic heterocycles. The van der Waals surface area contributed by atoms with E-state index in [0.717, 1.165) is 12.8 Å². The van der Waals surface area contributed by atoms with Gasteiger partial charge < -0.3 is 24.7 Å². The van der Waals surface area contributed by atoms with Crippen molar-refractivity contribution in [2.75, 3.05) is 79.5 Å². The summed E-state index contributed by atoms with van der Waals surface area (Å²) in [7, 11) is 4.57. The van der Waals surface area contributed by atoms with E-state index < -0.39 is 0 Å². The van der Waals surface area contributed by atoms with Gasteiger partial charge in [-0.15, -0.1) is 0 Å². The van der Waals surface area contributed by atoms with Gasteiger partial charge in [0.25, 0.3) is 0 Å². The lowest BCUT2D eigenvalue weighted by Gasteiger charge is -2.40. The molecule has 0 unspecified atom stereocenters.